The third-order valence-electron chi connectivity index (χ3n) is 8.28. The van der Waals surface area contributed by atoms with Gasteiger partial charge in [0, 0.05) is 0 Å². The molecular weight excluding hydrogens is 556 g/mol. The van der Waals surface area contributed by atoms with Crippen LogP contribution in [0, 0.1) is 22.7 Å². The smallest absolute Gasteiger partial charge is 0.0992 e. The van der Waals surface area contributed by atoms with Crippen molar-refractivity contribution in [2.75, 3.05) is 0 Å². The standard InChI is InChI=1S/C44H28N2/c45-29-31-21-41(36-19-17-35(18-20-36)33-9-3-1-4-10-33)27-42(22-31)39-15-8-16-40(26-39)44-24-32(30-46)23-43(28-44)38-14-7-13-37(25-38)34-11-5-2-6-12-34/h1-28H. The molecule has 0 saturated carbocycles. The fourth-order valence-corrected chi connectivity index (χ4v) is 5.92. The van der Waals surface area contributed by atoms with Crippen molar-refractivity contribution in [2.24, 2.45) is 0 Å². The van der Waals surface area contributed by atoms with Crippen molar-refractivity contribution in [3.8, 4) is 78.9 Å². The molecule has 0 unspecified atom stereocenters. The summed E-state index contributed by atoms with van der Waals surface area (Å²) < 4.78 is 0. The van der Waals surface area contributed by atoms with Crippen molar-refractivity contribution in [1.29, 1.82) is 10.5 Å². The molecule has 7 rings (SSSR count). The third kappa shape index (κ3) is 5.97. The molecule has 46 heavy (non-hydrogen) atoms. The van der Waals surface area contributed by atoms with Crippen LogP contribution in [0.4, 0.5) is 0 Å². The Hall–Kier alpha value is -6.48. The molecule has 2 heteroatoms. The lowest BCUT2D eigenvalue weighted by Crippen LogP contribution is -1.88. The van der Waals surface area contributed by atoms with Gasteiger partial charge in [0.15, 0.2) is 0 Å². The van der Waals surface area contributed by atoms with Gasteiger partial charge in [0.25, 0.3) is 0 Å². The minimum Gasteiger partial charge on any atom is -0.192 e. The molecule has 0 fully saturated rings. The summed E-state index contributed by atoms with van der Waals surface area (Å²) in [5, 5.41) is 19.9. The molecule has 0 aliphatic carbocycles. The number of hydrogen-bond acceptors (Lipinski definition) is 2. The van der Waals surface area contributed by atoms with Crippen molar-refractivity contribution < 1.29 is 0 Å². The van der Waals surface area contributed by atoms with Crippen LogP contribution in [0.1, 0.15) is 11.1 Å². The third-order valence-corrected chi connectivity index (χ3v) is 8.28. The molecule has 7 aromatic carbocycles. The minimum absolute atomic E-state index is 0.607. The Morgan fingerprint density at radius 3 is 0.891 bits per heavy atom. The van der Waals surface area contributed by atoms with E-state index in [1.54, 1.807) is 0 Å². The van der Waals surface area contributed by atoms with Crippen molar-refractivity contribution in [1.82, 2.24) is 0 Å². The summed E-state index contributed by atoms with van der Waals surface area (Å²) in [4.78, 5) is 0. The predicted molar refractivity (Wildman–Crippen MR) is 188 cm³/mol. The summed E-state index contributed by atoms with van der Waals surface area (Å²) in [6.45, 7) is 0. The summed E-state index contributed by atoms with van der Waals surface area (Å²) in [5.41, 5.74) is 13.9. The zero-order chi connectivity index (χ0) is 31.3. The highest BCUT2D eigenvalue weighted by molar-refractivity contribution is 5.82. The molecule has 0 atom stereocenters. The minimum atomic E-state index is 0.607. The first-order chi connectivity index (χ1) is 22.7. The van der Waals surface area contributed by atoms with Crippen molar-refractivity contribution in [2.45, 2.75) is 0 Å². The van der Waals surface area contributed by atoms with E-state index in [4.69, 9.17) is 0 Å². The van der Waals surface area contributed by atoms with Crippen LogP contribution in [0.25, 0.3) is 66.8 Å². The van der Waals surface area contributed by atoms with Crippen LogP contribution >= 0.6 is 0 Å². The first kappa shape index (κ1) is 28.3. The topological polar surface area (TPSA) is 47.6 Å². The maximum Gasteiger partial charge on any atom is 0.0992 e. The zero-order valence-electron chi connectivity index (χ0n) is 25.1. The number of benzene rings is 7. The van der Waals surface area contributed by atoms with E-state index in [0.717, 1.165) is 61.2 Å². The molecule has 0 amide bonds. The van der Waals surface area contributed by atoms with Crippen LogP contribution < -0.4 is 0 Å². The molecule has 0 radical (unpaired) electrons. The number of nitriles is 2. The summed E-state index contributed by atoms with van der Waals surface area (Å²) in [5.74, 6) is 0. The zero-order valence-corrected chi connectivity index (χ0v) is 25.1. The largest absolute Gasteiger partial charge is 0.192 e. The molecule has 0 spiro atoms. The number of rotatable bonds is 6. The van der Waals surface area contributed by atoms with Gasteiger partial charge >= 0.3 is 0 Å². The molecule has 0 aliphatic rings. The predicted octanol–water partition coefficient (Wildman–Crippen LogP) is 11.4. The van der Waals surface area contributed by atoms with Gasteiger partial charge in [0.1, 0.15) is 0 Å². The fourth-order valence-electron chi connectivity index (χ4n) is 5.92. The summed E-state index contributed by atoms with van der Waals surface area (Å²) >= 11 is 0. The molecule has 0 saturated heterocycles. The molecule has 2 nitrogen and oxygen atoms in total. The van der Waals surface area contributed by atoms with Crippen molar-refractivity contribution in [3.05, 3.63) is 181 Å². The maximum absolute atomic E-state index is 9.94. The quantitative estimate of drug-likeness (QED) is 0.195. The van der Waals surface area contributed by atoms with Gasteiger partial charge < -0.3 is 0 Å². The molecule has 0 bridgehead atoms. The van der Waals surface area contributed by atoms with E-state index >= 15 is 0 Å². The maximum atomic E-state index is 9.94. The number of nitrogens with zero attached hydrogens (tertiary/aromatic N) is 2. The van der Waals surface area contributed by atoms with E-state index in [9.17, 15) is 10.5 Å². The highest BCUT2D eigenvalue weighted by Crippen LogP contribution is 2.35. The van der Waals surface area contributed by atoms with E-state index in [1.807, 2.05) is 66.7 Å². The summed E-state index contributed by atoms with van der Waals surface area (Å²) in [6.07, 6.45) is 0. The second-order valence-corrected chi connectivity index (χ2v) is 11.3. The Kier molecular flexibility index (Phi) is 7.77. The molecule has 0 aliphatic heterocycles. The second-order valence-electron chi connectivity index (χ2n) is 11.3. The van der Waals surface area contributed by atoms with Crippen LogP contribution in [0.15, 0.2) is 170 Å². The van der Waals surface area contributed by atoms with Gasteiger partial charge in [-0.15, -0.1) is 0 Å². The van der Waals surface area contributed by atoms with Gasteiger partial charge in [-0.2, -0.15) is 10.5 Å². The second kappa shape index (κ2) is 12.6. The van der Waals surface area contributed by atoms with Crippen LogP contribution in [-0.4, -0.2) is 0 Å². The average Bonchev–Trinajstić information content (AvgIpc) is 3.15. The highest BCUT2D eigenvalue weighted by Gasteiger charge is 2.11. The Bertz CT molecular complexity index is 2250. The van der Waals surface area contributed by atoms with Crippen LogP contribution in [-0.2, 0) is 0 Å². The lowest BCUT2D eigenvalue weighted by atomic mass is 9.92. The first-order valence-electron chi connectivity index (χ1n) is 15.2. The number of hydrogen-bond donors (Lipinski definition) is 0. The Morgan fingerprint density at radius 1 is 0.239 bits per heavy atom. The van der Waals surface area contributed by atoms with E-state index in [-0.39, 0.29) is 0 Å². The van der Waals surface area contributed by atoms with Gasteiger partial charge in [-0.1, -0.05) is 121 Å². The fraction of sp³-hybridized carbons (Fsp3) is 0. The highest BCUT2D eigenvalue weighted by atomic mass is 14.2. The normalized spacial score (nSPS) is 10.6. The van der Waals surface area contributed by atoms with Gasteiger partial charge in [-0.25, -0.2) is 0 Å². The Labute approximate surface area is 269 Å². The molecule has 0 aromatic heterocycles. The van der Waals surface area contributed by atoms with Gasteiger partial charge in [-0.05, 0) is 115 Å². The summed E-state index contributed by atoms with van der Waals surface area (Å²) in [7, 11) is 0. The van der Waals surface area contributed by atoms with E-state index in [2.05, 4.69) is 115 Å². The SMILES string of the molecule is N#Cc1cc(-c2ccc(-c3ccccc3)cc2)cc(-c2cccc(-c3cc(C#N)cc(-c4cccc(-c5ccccc5)c4)c3)c2)c1. The first-order valence-corrected chi connectivity index (χ1v) is 15.2. The Balaban J connectivity index is 1.25. The molecule has 7 aromatic rings. The van der Waals surface area contributed by atoms with E-state index < -0.39 is 0 Å². The van der Waals surface area contributed by atoms with Crippen LogP contribution in [0.5, 0.6) is 0 Å². The van der Waals surface area contributed by atoms with Gasteiger partial charge in [-0.3, -0.25) is 0 Å². The monoisotopic (exact) mass is 584 g/mol. The van der Waals surface area contributed by atoms with Gasteiger partial charge in [0.2, 0.25) is 0 Å². The Morgan fingerprint density at radius 2 is 0.500 bits per heavy atom. The van der Waals surface area contributed by atoms with Crippen molar-refractivity contribution in [3.63, 3.8) is 0 Å². The van der Waals surface area contributed by atoms with E-state index in [1.165, 1.54) is 5.56 Å². The average molecular weight is 585 g/mol. The van der Waals surface area contributed by atoms with E-state index in [0.29, 0.717) is 11.1 Å². The molecule has 214 valence electrons. The summed E-state index contributed by atoms with van der Waals surface area (Å²) in [6, 6.07) is 62.6. The molecule has 0 heterocycles. The van der Waals surface area contributed by atoms with Crippen LogP contribution in [0.3, 0.4) is 0 Å². The van der Waals surface area contributed by atoms with Crippen molar-refractivity contribution >= 4 is 0 Å². The molecular formula is C44H28N2. The van der Waals surface area contributed by atoms with Crippen LogP contribution in [0.2, 0.25) is 0 Å². The lowest BCUT2D eigenvalue weighted by molar-refractivity contribution is 1.47. The lowest BCUT2D eigenvalue weighted by Gasteiger charge is -2.12. The van der Waals surface area contributed by atoms with Gasteiger partial charge in [0.05, 0.1) is 23.3 Å². The molecule has 0 N–H and O–H groups in total.